The van der Waals surface area contributed by atoms with E-state index >= 15 is 0 Å². The molecule has 3 nitrogen and oxygen atoms in total. The minimum Gasteiger partial charge on any atom is -0.310 e. The van der Waals surface area contributed by atoms with Crippen molar-refractivity contribution in [2.24, 2.45) is 5.92 Å². The van der Waals surface area contributed by atoms with Crippen LogP contribution in [0.4, 0.5) is 14.6 Å². The van der Waals surface area contributed by atoms with Crippen molar-refractivity contribution in [1.82, 2.24) is 4.98 Å². The van der Waals surface area contributed by atoms with Crippen LogP contribution in [0.25, 0.3) is 0 Å². The van der Waals surface area contributed by atoms with E-state index in [2.05, 4.69) is 26.2 Å². The van der Waals surface area contributed by atoms with Gasteiger partial charge >= 0.3 is 0 Å². The van der Waals surface area contributed by atoms with E-state index < -0.39 is 5.92 Å². The molecule has 1 saturated carbocycles. The molecule has 0 aromatic carbocycles. The lowest BCUT2D eigenvalue weighted by Crippen LogP contribution is -2.32. The standard InChI is InChI=1S/C12H13BrF2N2O/c13-9-3-6-16-10(7-9)17-11(18)8-1-4-12(14,15)5-2-8/h3,6-8H,1-2,4-5H2,(H,16,17,18). The number of amides is 1. The molecule has 1 aromatic rings. The van der Waals surface area contributed by atoms with E-state index in [0.29, 0.717) is 5.82 Å². The summed E-state index contributed by atoms with van der Waals surface area (Å²) in [7, 11) is 0. The Morgan fingerprint density at radius 1 is 1.44 bits per heavy atom. The molecule has 0 bridgehead atoms. The highest BCUT2D eigenvalue weighted by Crippen LogP contribution is 2.36. The Labute approximate surface area is 112 Å². The first-order valence-corrected chi connectivity index (χ1v) is 6.56. The summed E-state index contributed by atoms with van der Waals surface area (Å²) in [5.74, 6) is -2.74. The number of alkyl halides is 2. The summed E-state index contributed by atoms with van der Waals surface area (Å²) in [6.07, 6.45) is 1.60. The van der Waals surface area contributed by atoms with Crippen LogP contribution in [0.15, 0.2) is 22.8 Å². The van der Waals surface area contributed by atoms with Gasteiger partial charge in [0.25, 0.3) is 0 Å². The highest BCUT2D eigenvalue weighted by atomic mass is 79.9. The first-order chi connectivity index (χ1) is 8.46. The first-order valence-electron chi connectivity index (χ1n) is 5.76. The molecule has 1 heterocycles. The van der Waals surface area contributed by atoms with Gasteiger partial charge in [0.1, 0.15) is 5.82 Å². The van der Waals surface area contributed by atoms with E-state index in [1.807, 2.05) is 0 Å². The molecule has 0 unspecified atom stereocenters. The highest BCUT2D eigenvalue weighted by Gasteiger charge is 2.37. The van der Waals surface area contributed by atoms with E-state index in [9.17, 15) is 13.6 Å². The Hall–Kier alpha value is -1.04. The Kier molecular flexibility index (Phi) is 3.94. The number of hydrogen-bond donors (Lipinski definition) is 1. The molecular formula is C12H13BrF2N2O. The van der Waals surface area contributed by atoms with Crippen molar-refractivity contribution in [2.75, 3.05) is 5.32 Å². The van der Waals surface area contributed by atoms with Gasteiger partial charge in [-0.25, -0.2) is 13.8 Å². The van der Waals surface area contributed by atoms with Crippen LogP contribution < -0.4 is 5.32 Å². The number of anilines is 1. The topological polar surface area (TPSA) is 42.0 Å². The number of hydrogen-bond acceptors (Lipinski definition) is 2. The first kappa shape index (κ1) is 13.4. The van der Waals surface area contributed by atoms with Crippen molar-refractivity contribution in [3.8, 4) is 0 Å². The van der Waals surface area contributed by atoms with Gasteiger partial charge in [0.05, 0.1) is 0 Å². The molecule has 0 atom stereocenters. The number of pyridine rings is 1. The van der Waals surface area contributed by atoms with Crippen molar-refractivity contribution in [2.45, 2.75) is 31.6 Å². The number of carbonyl (C=O) groups excluding carboxylic acids is 1. The van der Waals surface area contributed by atoms with Crippen LogP contribution in [0.3, 0.4) is 0 Å². The molecule has 0 aliphatic heterocycles. The van der Waals surface area contributed by atoms with Crippen LogP contribution in [0, 0.1) is 5.92 Å². The minimum absolute atomic E-state index is 0.211. The average molecular weight is 319 g/mol. The van der Waals surface area contributed by atoms with Gasteiger partial charge in [0, 0.05) is 29.4 Å². The second-order valence-electron chi connectivity index (χ2n) is 4.48. The maximum absolute atomic E-state index is 13.0. The van der Waals surface area contributed by atoms with E-state index in [0.717, 1.165) is 4.47 Å². The van der Waals surface area contributed by atoms with Crippen LogP contribution in [0.5, 0.6) is 0 Å². The summed E-state index contributed by atoms with van der Waals surface area (Å²) < 4.78 is 26.7. The molecule has 1 amide bonds. The SMILES string of the molecule is O=C(Nc1cc(Br)ccn1)C1CCC(F)(F)CC1. The summed E-state index contributed by atoms with van der Waals surface area (Å²) in [5, 5.41) is 2.65. The number of rotatable bonds is 2. The van der Waals surface area contributed by atoms with Crippen LogP contribution in [-0.2, 0) is 4.79 Å². The number of halogens is 3. The molecule has 0 saturated heterocycles. The summed E-state index contributed by atoms with van der Waals surface area (Å²) in [4.78, 5) is 15.9. The van der Waals surface area contributed by atoms with Gasteiger partial charge in [0.2, 0.25) is 11.8 Å². The molecule has 1 aromatic heterocycles. The van der Waals surface area contributed by atoms with Crippen molar-refractivity contribution < 1.29 is 13.6 Å². The van der Waals surface area contributed by atoms with Gasteiger partial charge in [-0.15, -0.1) is 0 Å². The van der Waals surface area contributed by atoms with E-state index in [-0.39, 0.29) is 37.5 Å². The third-order valence-electron chi connectivity index (χ3n) is 3.06. The van der Waals surface area contributed by atoms with Gasteiger partial charge in [-0.2, -0.15) is 0 Å². The molecule has 1 fully saturated rings. The molecule has 1 aliphatic rings. The van der Waals surface area contributed by atoms with Gasteiger partial charge < -0.3 is 5.32 Å². The fourth-order valence-corrected chi connectivity index (χ4v) is 2.34. The Bertz CT molecular complexity index is 443. The molecule has 1 N–H and O–H groups in total. The number of carbonyl (C=O) groups is 1. The van der Waals surface area contributed by atoms with Crippen molar-refractivity contribution in [3.05, 3.63) is 22.8 Å². The van der Waals surface area contributed by atoms with Gasteiger partial charge in [-0.3, -0.25) is 4.79 Å². The lowest BCUT2D eigenvalue weighted by molar-refractivity contribution is -0.124. The minimum atomic E-state index is -2.61. The zero-order valence-corrected chi connectivity index (χ0v) is 11.2. The number of aromatic nitrogens is 1. The van der Waals surface area contributed by atoms with Gasteiger partial charge in [0.15, 0.2) is 0 Å². The predicted molar refractivity (Wildman–Crippen MR) is 67.5 cm³/mol. The summed E-state index contributed by atoms with van der Waals surface area (Å²) in [5.41, 5.74) is 0. The quantitative estimate of drug-likeness (QED) is 0.905. The normalized spacial score (nSPS) is 19.5. The molecule has 6 heteroatoms. The molecule has 0 spiro atoms. The maximum atomic E-state index is 13.0. The number of nitrogens with one attached hydrogen (secondary N) is 1. The van der Waals surface area contributed by atoms with E-state index in [4.69, 9.17) is 0 Å². The van der Waals surface area contributed by atoms with E-state index in [1.54, 1.807) is 18.3 Å². The zero-order valence-electron chi connectivity index (χ0n) is 9.63. The lowest BCUT2D eigenvalue weighted by Gasteiger charge is -2.27. The zero-order chi connectivity index (χ0) is 13.2. The molecule has 98 valence electrons. The summed E-state index contributed by atoms with van der Waals surface area (Å²) in [6.45, 7) is 0. The van der Waals surface area contributed by atoms with Gasteiger partial charge in [-0.05, 0) is 25.0 Å². The fourth-order valence-electron chi connectivity index (χ4n) is 2.00. The fraction of sp³-hybridized carbons (Fsp3) is 0.500. The maximum Gasteiger partial charge on any atom is 0.248 e. The largest absolute Gasteiger partial charge is 0.310 e. The monoisotopic (exact) mass is 318 g/mol. The highest BCUT2D eigenvalue weighted by molar-refractivity contribution is 9.10. The number of nitrogens with zero attached hydrogens (tertiary/aromatic N) is 1. The van der Waals surface area contributed by atoms with Crippen LogP contribution >= 0.6 is 15.9 Å². The molecule has 0 radical (unpaired) electrons. The average Bonchev–Trinajstić information content (AvgIpc) is 2.28. The molecule has 1 aliphatic carbocycles. The second kappa shape index (κ2) is 5.30. The van der Waals surface area contributed by atoms with Crippen LogP contribution in [-0.4, -0.2) is 16.8 Å². The van der Waals surface area contributed by atoms with Crippen molar-refractivity contribution >= 4 is 27.7 Å². The Morgan fingerprint density at radius 2 is 2.11 bits per heavy atom. The van der Waals surface area contributed by atoms with Crippen LogP contribution in [0.1, 0.15) is 25.7 Å². The summed E-state index contributed by atoms with van der Waals surface area (Å²) >= 11 is 3.27. The van der Waals surface area contributed by atoms with E-state index in [1.165, 1.54) is 0 Å². The van der Waals surface area contributed by atoms with Crippen molar-refractivity contribution in [1.29, 1.82) is 0 Å². The smallest absolute Gasteiger partial charge is 0.248 e. The molecule has 18 heavy (non-hydrogen) atoms. The Balaban J connectivity index is 1.93. The Morgan fingerprint density at radius 3 is 2.72 bits per heavy atom. The van der Waals surface area contributed by atoms with Crippen LogP contribution in [0.2, 0.25) is 0 Å². The molecule has 2 rings (SSSR count). The summed E-state index contributed by atoms with van der Waals surface area (Å²) in [6, 6.07) is 3.42. The third-order valence-corrected chi connectivity index (χ3v) is 3.55. The lowest BCUT2D eigenvalue weighted by atomic mass is 9.86. The second-order valence-corrected chi connectivity index (χ2v) is 5.39. The van der Waals surface area contributed by atoms with Crippen molar-refractivity contribution in [3.63, 3.8) is 0 Å². The van der Waals surface area contributed by atoms with Gasteiger partial charge in [-0.1, -0.05) is 15.9 Å². The predicted octanol–water partition coefficient (Wildman–Crippen LogP) is 3.61. The third kappa shape index (κ3) is 3.48. The molecular weight excluding hydrogens is 306 g/mol.